The van der Waals surface area contributed by atoms with Crippen molar-refractivity contribution in [1.29, 1.82) is 0 Å². The zero-order chi connectivity index (χ0) is 20.1. The topological polar surface area (TPSA) is 66.5 Å². The van der Waals surface area contributed by atoms with E-state index in [9.17, 15) is 13.2 Å². The van der Waals surface area contributed by atoms with Gasteiger partial charge in [-0.1, -0.05) is 55.7 Å². The van der Waals surface area contributed by atoms with Crippen LogP contribution in [-0.2, 0) is 14.8 Å². The predicted octanol–water partition coefficient (Wildman–Crippen LogP) is 3.89. The summed E-state index contributed by atoms with van der Waals surface area (Å²) in [6, 6.07) is 15.6. The molecule has 150 valence electrons. The van der Waals surface area contributed by atoms with Gasteiger partial charge in [0.2, 0.25) is 5.91 Å². The van der Waals surface area contributed by atoms with Gasteiger partial charge in [0.1, 0.15) is 6.54 Å². The number of aryl methyl sites for hydroxylation is 1. The first kappa shape index (κ1) is 20.4. The number of nitrogens with zero attached hydrogens (tertiary/aromatic N) is 1. The van der Waals surface area contributed by atoms with Gasteiger partial charge in [-0.25, -0.2) is 8.42 Å². The van der Waals surface area contributed by atoms with E-state index in [1.165, 1.54) is 10.7 Å². The normalized spacial score (nSPS) is 19.8. The van der Waals surface area contributed by atoms with Gasteiger partial charge in [0.25, 0.3) is 10.0 Å². The molecule has 28 heavy (non-hydrogen) atoms. The maximum atomic E-state index is 13.3. The molecule has 0 aliphatic heterocycles. The summed E-state index contributed by atoms with van der Waals surface area (Å²) in [7, 11) is -3.85. The maximum Gasteiger partial charge on any atom is 0.264 e. The number of rotatable bonds is 6. The van der Waals surface area contributed by atoms with Crippen LogP contribution in [0.1, 0.15) is 38.2 Å². The Balaban J connectivity index is 1.85. The van der Waals surface area contributed by atoms with Crippen LogP contribution in [0.5, 0.6) is 0 Å². The predicted molar refractivity (Wildman–Crippen MR) is 112 cm³/mol. The molecule has 6 heteroatoms. The molecule has 2 aromatic carbocycles. The van der Waals surface area contributed by atoms with E-state index in [1.54, 1.807) is 48.5 Å². The molecule has 2 aromatic rings. The summed E-state index contributed by atoms with van der Waals surface area (Å²) in [4.78, 5) is 12.9. The molecule has 1 saturated carbocycles. The quantitative estimate of drug-likeness (QED) is 0.800. The van der Waals surface area contributed by atoms with Crippen molar-refractivity contribution in [2.75, 3.05) is 10.8 Å². The average Bonchev–Trinajstić information content (AvgIpc) is 2.69. The zero-order valence-corrected chi connectivity index (χ0v) is 17.3. The van der Waals surface area contributed by atoms with Gasteiger partial charge in [0, 0.05) is 6.04 Å². The lowest BCUT2D eigenvalue weighted by atomic mass is 9.86. The second kappa shape index (κ2) is 8.78. The molecule has 0 bridgehead atoms. The molecule has 0 heterocycles. The van der Waals surface area contributed by atoms with Crippen LogP contribution >= 0.6 is 0 Å². The molecule has 0 saturated heterocycles. The van der Waals surface area contributed by atoms with E-state index in [-0.39, 0.29) is 23.4 Å². The van der Waals surface area contributed by atoms with E-state index in [4.69, 9.17) is 0 Å². The molecule has 0 spiro atoms. The minimum atomic E-state index is -3.85. The van der Waals surface area contributed by atoms with Crippen LogP contribution < -0.4 is 9.62 Å². The summed E-state index contributed by atoms with van der Waals surface area (Å²) in [6.07, 6.45) is 4.32. The molecule has 0 radical (unpaired) electrons. The molecule has 1 aliphatic rings. The summed E-state index contributed by atoms with van der Waals surface area (Å²) in [5, 5.41) is 3.06. The van der Waals surface area contributed by atoms with E-state index in [1.807, 2.05) is 13.0 Å². The van der Waals surface area contributed by atoms with E-state index >= 15 is 0 Å². The highest BCUT2D eigenvalue weighted by Gasteiger charge is 2.29. The van der Waals surface area contributed by atoms with Crippen molar-refractivity contribution in [2.24, 2.45) is 5.92 Å². The van der Waals surface area contributed by atoms with Crippen LogP contribution in [0, 0.1) is 12.8 Å². The number of hydrogen-bond acceptors (Lipinski definition) is 3. The van der Waals surface area contributed by atoms with Crippen molar-refractivity contribution in [2.45, 2.75) is 50.5 Å². The highest BCUT2D eigenvalue weighted by atomic mass is 32.2. The zero-order valence-electron chi connectivity index (χ0n) is 16.5. The lowest BCUT2D eigenvalue weighted by molar-refractivity contribution is -0.120. The largest absolute Gasteiger partial charge is 0.352 e. The number of nitrogens with one attached hydrogen (secondary N) is 1. The van der Waals surface area contributed by atoms with E-state index in [0.717, 1.165) is 24.8 Å². The smallest absolute Gasteiger partial charge is 0.264 e. The van der Waals surface area contributed by atoms with Crippen molar-refractivity contribution < 1.29 is 13.2 Å². The Hall–Kier alpha value is -2.34. The van der Waals surface area contributed by atoms with Gasteiger partial charge in [0.05, 0.1) is 10.6 Å². The number of sulfonamides is 1. The fourth-order valence-electron chi connectivity index (χ4n) is 3.66. The Morgan fingerprint density at radius 1 is 1.04 bits per heavy atom. The first-order valence-electron chi connectivity index (χ1n) is 9.82. The fraction of sp³-hybridized carbons (Fsp3) is 0.409. The lowest BCUT2D eigenvalue weighted by Crippen LogP contribution is -2.47. The highest BCUT2D eigenvalue weighted by molar-refractivity contribution is 7.92. The van der Waals surface area contributed by atoms with Crippen molar-refractivity contribution >= 4 is 21.6 Å². The summed E-state index contributed by atoms with van der Waals surface area (Å²) in [6.45, 7) is 3.82. The number of carbonyl (C=O) groups is 1. The Labute approximate surface area is 167 Å². The summed E-state index contributed by atoms with van der Waals surface area (Å²) < 4.78 is 27.8. The van der Waals surface area contributed by atoms with Gasteiger partial charge in [0.15, 0.2) is 0 Å². The fourth-order valence-corrected chi connectivity index (χ4v) is 5.08. The molecule has 1 fully saturated rings. The molecule has 1 amide bonds. The third-order valence-corrected chi connectivity index (χ3v) is 7.19. The Morgan fingerprint density at radius 2 is 1.68 bits per heavy atom. The average molecular weight is 401 g/mol. The minimum absolute atomic E-state index is 0.112. The number of anilines is 1. The van der Waals surface area contributed by atoms with Crippen LogP contribution in [0.15, 0.2) is 59.5 Å². The summed E-state index contributed by atoms with van der Waals surface area (Å²) >= 11 is 0. The molecule has 2 unspecified atom stereocenters. The van der Waals surface area contributed by atoms with Crippen LogP contribution in [-0.4, -0.2) is 26.9 Å². The number of carbonyl (C=O) groups excluding carboxylic acids is 1. The third-order valence-electron chi connectivity index (χ3n) is 5.40. The van der Waals surface area contributed by atoms with Crippen molar-refractivity contribution in [3.63, 3.8) is 0 Å². The molecular formula is C22H28N2O3S. The Morgan fingerprint density at radius 3 is 2.32 bits per heavy atom. The summed E-state index contributed by atoms with van der Waals surface area (Å²) in [5.41, 5.74) is 1.46. The Kier molecular flexibility index (Phi) is 6.39. The third kappa shape index (κ3) is 4.73. The molecular weight excluding hydrogens is 372 g/mol. The van der Waals surface area contributed by atoms with Gasteiger partial charge in [-0.2, -0.15) is 0 Å². The molecule has 3 rings (SSSR count). The molecule has 5 nitrogen and oxygen atoms in total. The molecule has 1 N–H and O–H groups in total. The van der Waals surface area contributed by atoms with Crippen LogP contribution in [0.4, 0.5) is 5.69 Å². The van der Waals surface area contributed by atoms with Crippen molar-refractivity contribution in [3.05, 3.63) is 60.2 Å². The Bertz CT molecular complexity index is 895. The van der Waals surface area contributed by atoms with Crippen LogP contribution in [0.2, 0.25) is 0 Å². The number of amides is 1. The molecule has 0 aromatic heterocycles. The number of hydrogen-bond donors (Lipinski definition) is 1. The lowest BCUT2D eigenvalue weighted by Gasteiger charge is -2.31. The standard InChI is InChI=1S/C22H28N2O3S/c1-17-12-14-20(15-13-17)28(26,27)24(19-9-4-3-5-10-19)16-22(25)23-21-11-7-6-8-18(21)2/h3-5,9-10,12-15,18,21H,6-8,11,16H2,1-2H3,(H,23,25). The minimum Gasteiger partial charge on any atom is -0.352 e. The summed E-state index contributed by atoms with van der Waals surface area (Å²) in [5.74, 6) is 0.148. The number of benzene rings is 2. The maximum absolute atomic E-state index is 13.3. The first-order chi connectivity index (χ1) is 13.4. The second-order valence-electron chi connectivity index (χ2n) is 7.60. The van der Waals surface area contributed by atoms with Gasteiger partial charge in [-0.15, -0.1) is 0 Å². The van der Waals surface area contributed by atoms with Crippen LogP contribution in [0.25, 0.3) is 0 Å². The van der Waals surface area contributed by atoms with Gasteiger partial charge < -0.3 is 5.32 Å². The highest BCUT2D eigenvalue weighted by Crippen LogP contribution is 2.25. The van der Waals surface area contributed by atoms with Crippen molar-refractivity contribution in [1.82, 2.24) is 5.32 Å². The second-order valence-corrected chi connectivity index (χ2v) is 9.46. The first-order valence-corrected chi connectivity index (χ1v) is 11.3. The monoisotopic (exact) mass is 400 g/mol. The van der Waals surface area contributed by atoms with Crippen molar-refractivity contribution in [3.8, 4) is 0 Å². The van der Waals surface area contributed by atoms with Crippen LogP contribution in [0.3, 0.4) is 0 Å². The van der Waals surface area contributed by atoms with E-state index < -0.39 is 10.0 Å². The van der Waals surface area contributed by atoms with Gasteiger partial charge >= 0.3 is 0 Å². The van der Waals surface area contributed by atoms with Gasteiger partial charge in [-0.05, 0) is 49.9 Å². The molecule has 1 aliphatic carbocycles. The van der Waals surface area contributed by atoms with E-state index in [0.29, 0.717) is 11.6 Å². The van der Waals surface area contributed by atoms with Gasteiger partial charge in [-0.3, -0.25) is 9.10 Å². The molecule has 2 atom stereocenters. The SMILES string of the molecule is Cc1ccc(S(=O)(=O)N(CC(=O)NC2CCCCC2C)c2ccccc2)cc1. The number of para-hydroxylation sites is 1. The van der Waals surface area contributed by atoms with E-state index in [2.05, 4.69) is 12.2 Å².